The molecule has 0 aromatic carbocycles. The molecule has 160 valence electrons. The average molecular weight is 497 g/mol. The van der Waals surface area contributed by atoms with E-state index in [2.05, 4.69) is 39.3 Å². The maximum absolute atomic E-state index is 5.54. The van der Waals surface area contributed by atoms with Crippen LogP contribution in [0.15, 0.2) is 4.99 Å². The molecule has 2 aliphatic heterocycles. The third kappa shape index (κ3) is 8.81. The van der Waals surface area contributed by atoms with Gasteiger partial charge in [0.25, 0.3) is 0 Å². The number of guanidine groups is 1. The third-order valence-corrected chi connectivity index (χ3v) is 5.52. The number of nitrogens with one attached hydrogen (secondary N) is 2. The smallest absolute Gasteiger partial charge is 0.191 e. The summed E-state index contributed by atoms with van der Waals surface area (Å²) < 4.78 is 10.7. The van der Waals surface area contributed by atoms with E-state index in [1.54, 1.807) is 7.11 Å². The van der Waals surface area contributed by atoms with Gasteiger partial charge in [0.15, 0.2) is 5.96 Å². The highest BCUT2D eigenvalue weighted by atomic mass is 127. The van der Waals surface area contributed by atoms with E-state index in [1.165, 1.54) is 12.8 Å². The number of nitrogens with zero attached hydrogens (tertiary/aromatic N) is 3. The van der Waals surface area contributed by atoms with Crippen molar-refractivity contribution in [2.45, 2.75) is 51.2 Å². The average Bonchev–Trinajstić information content (AvgIpc) is 2.66. The van der Waals surface area contributed by atoms with Crippen LogP contribution in [0.4, 0.5) is 0 Å². The summed E-state index contributed by atoms with van der Waals surface area (Å²) in [5.41, 5.74) is 0. The molecular formula is C19H40IN5O2. The van der Waals surface area contributed by atoms with Gasteiger partial charge >= 0.3 is 0 Å². The Morgan fingerprint density at radius 2 is 2.04 bits per heavy atom. The minimum absolute atomic E-state index is 0. The van der Waals surface area contributed by atoms with Gasteiger partial charge in [-0.15, -0.1) is 24.0 Å². The van der Waals surface area contributed by atoms with Crippen LogP contribution in [0.25, 0.3) is 0 Å². The molecule has 2 heterocycles. The monoisotopic (exact) mass is 497 g/mol. The van der Waals surface area contributed by atoms with Crippen LogP contribution in [0.1, 0.15) is 33.1 Å². The van der Waals surface area contributed by atoms with E-state index in [-0.39, 0.29) is 24.0 Å². The Kier molecular flexibility index (Phi) is 12.8. The van der Waals surface area contributed by atoms with Crippen molar-refractivity contribution in [2.24, 2.45) is 4.99 Å². The highest BCUT2D eigenvalue weighted by Crippen LogP contribution is 2.11. The molecule has 7 nitrogen and oxygen atoms in total. The van der Waals surface area contributed by atoms with Crippen molar-refractivity contribution >= 4 is 29.9 Å². The third-order valence-electron chi connectivity index (χ3n) is 5.52. The summed E-state index contributed by atoms with van der Waals surface area (Å²) in [4.78, 5) is 9.47. The number of ether oxygens (including phenoxy) is 2. The molecule has 0 aromatic rings. The lowest BCUT2D eigenvalue weighted by atomic mass is 10.1. The minimum atomic E-state index is 0. The van der Waals surface area contributed by atoms with Gasteiger partial charge < -0.3 is 25.0 Å². The fraction of sp³-hybridized carbons (Fsp3) is 0.947. The molecule has 0 aliphatic carbocycles. The molecule has 27 heavy (non-hydrogen) atoms. The quantitative estimate of drug-likeness (QED) is 0.229. The van der Waals surface area contributed by atoms with Gasteiger partial charge in [0.05, 0.1) is 13.2 Å². The highest BCUT2D eigenvalue weighted by Gasteiger charge is 2.24. The zero-order valence-electron chi connectivity index (χ0n) is 17.6. The second-order valence-electron chi connectivity index (χ2n) is 7.57. The van der Waals surface area contributed by atoms with Crippen molar-refractivity contribution < 1.29 is 9.47 Å². The first-order valence-electron chi connectivity index (χ1n) is 10.2. The Bertz CT molecular complexity index is 419. The first-order valence-corrected chi connectivity index (χ1v) is 10.2. The van der Waals surface area contributed by atoms with Gasteiger partial charge in [0, 0.05) is 71.6 Å². The number of morpholine rings is 1. The largest absolute Gasteiger partial charge is 0.385 e. The second-order valence-corrected chi connectivity index (χ2v) is 7.57. The van der Waals surface area contributed by atoms with Crippen LogP contribution >= 0.6 is 24.0 Å². The van der Waals surface area contributed by atoms with E-state index in [0.29, 0.717) is 18.1 Å². The first-order chi connectivity index (χ1) is 12.6. The lowest BCUT2D eigenvalue weighted by molar-refractivity contribution is -0.0174. The number of hydrogen-bond acceptors (Lipinski definition) is 5. The Morgan fingerprint density at radius 1 is 1.30 bits per heavy atom. The molecule has 0 radical (unpaired) electrons. The molecule has 0 amide bonds. The molecule has 2 rings (SSSR count). The molecule has 0 spiro atoms. The molecule has 0 aromatic heterocycles. The number of hydrogen-bond donors (Lipinski definition) is 2. The summed E-state index contributed by atoms with van der Waals surface area (Å²) in [6.45, 7) is 12.4. The van der Waals surface area contributed by atoms with Gasteiger partial charge in [-0.2, -0.15) is 0 Å². The van der Waals surface area contributed by atoms with Crippen molar-refractivity contribution in [3.63, 3.8) is 0 Å². The molecule has 0 bridgehead atoms. The molecule has 2 fully saturated rings. The van der Waals surface area contributed by atoms with Crippen LogP contribution in [-0.4, -0.2) is 101 Å². The molecule has 2 aliphatic rings. The van der Waals surface area contributed by atoms with Gasteiger partial charge in [-0.25, -0.2) is 0 Å². The van der Waals surface area contributed by atoms with Gasteiger partial charge in [0.1, 0.15) is 0 Å². The Hall–Kier alpha value is -0.160. The highest BCUT2D eigenvalue weighted by molar-refractivity contribution is 14.0. The standard InChI is InChI=1S/C19H39N5O2.HI/c1-16(24-11-13-26-15-17(24)2)14-21-19(20-3)22-18-6-9-23(10-7-18)8-5-12-25-4;/h16-18H,5-15H2,1-4H3,(H2,20,21,22);1H. The lowest BCUT2D eigenvalue weighted by Gasteiger charge is -2.38. The summed E-state index contributed by atoms with van der Waals surface area (Å²) in [6.07, 6.45) is 3.46. The van der Waals surface area contributed by atoms with Gasteiger partial charge in [-0.1, -0.05) is 0 Å². The zero-order valence-corrected chi connectivity index (χ0v) is 19.9. The summed E-state index contributed by atoms with van der Waals surface area (Å²) >= 11 is 0. The van der Waals surface area contributed by atoms with Crippen molar-refractivity contribution in [2.75, 3.05) is 66.7 Å². The summed E-state index contributed by atoms with van der Waals surface area (Å²) in [6, 6.07) is 1.46. The van der Waals surface area contributed by atoms with E-state index in [4.69, 9.17) is 9.47 Å². The molecule has 2 saturated heterocycles. The number of piperidine rings is 1. The predicted octanol–water partition coefficient (Wildman–Crippen LogP) is 1.38. The molecule has 2 N–H and O–H groups in total. The maximum atomic E-state index is 5.54. The number of likely N-dealkylation sites (tertiary alicyclic amines) is 1. The molecule has 2 unspecified atom stereocenters. The van der Waals surface area contributed by atoms with E-state index in [0.717, 1.165) is 64.9 Å². The van der Waals surface area contributed by atoms with Crippen molar-refractivity contribution in [1.29, 1.82) is 0 Å². The summed E-state index contributed by atoms with van der Waals surface area (Å²) in [7, 11) is 3.63. The summed E-state index contributed by atoms with van der Waals surface area (Å²) in [5.74, 6) is 0.926. The van der Waals surface area contributed by atoms with Crippen LogP contribution in [0.5, 0.6) is 0 Å². The van der Waals surface area contributed by atoms with Crippen LogP contribution < -0.4 is 10.6 Å². The Labute approximate surface area is 182 Å². The first kappa shape index (κ1) is 24.9. The van der Waals surface area contributed by atoms with Crippen LogP contribution in [-0.2, 0) is 9.47 Å². The minimum Gasteiger partial charge on any atom is -0.385 e. The number of rotatable bonds is 8. The van der Waals surface area contributed by atoms with Crippen molar-refractivity contribution in [3.05, 3.63) is 0 Å². The van der Waals surface area contributed by atoms with Gasteiger partial charge in [-0.05, 0) is 33.1 Å². The van der Waals surface area contributed by atoms with E-state index < -0.39 is 0 Å². The SMILES string of the molecule is CN=C(NCC(C)N1CCOCC1C)NC1CCN(CCCOC)CC1.I. The Morgan fingerprint density at radius 3 is 2.67 bits per heavy atom. The zero-order chi connectivity index (χ0) is 18.8. The second kappa shape index (κ2) is 13.9. The van der Waals surface area contributed by atoms with Crippen molar-refractivity contribution in [1.82, 2.24) is 20.4 Å². The van der Waals surface area contributed by atoms with E-state index in [9.17, 15) is 0 Å². The topological polar surface area (TPSA) is 61.4 Å². The van der Waals surface area contributed by atoms with E-state index >= 15 is 0 Å². The van der Waals surface area contributed by atoms with E-state index in [1.807, 2.05) is 7.05 Å². The Balaban J connectivity index is 0.00000364. The molecule has 0 saturated carbocycles. The number of halogens is 1. The summed E-state index contributed by atoms with van der Waals surface area (Å²) in [5, 5.41) is 7.12. The molecule has 2 atom stereocenters. The lowest BCUT2D eigenvalue weighted by Crippen LogP contribution is -2.54. The fourth-order valence-electron chi connectivity index (χ4n) is 3.88. The van der Waals surface area contributed by atoms with Crippen LogP contribution in [0, 0.1) is 0 Å². The van der Waals surface area contributed by atoms with Gasteiger partial charge in [-0.3, -0.25) is 9.89 Å². The predicted molar refractivity (Wildman–Crippen MR) is 122 cm³/mol. The molecular weight excluding hydrogens is 457 g/mol. The fourth-order valence-corrected chi connectivity index (χ4v) is 3.88. The van der Waals surface area contributed by atoms with Crippen molar-refractivity contribution in [3.8, 4) is 0 Å². The van der Waals surface area contributed by atoms with Crippen LogP contribution in [0.2, 0.25) is 0 Å². The number of methoxy groups -OCH3 is 1. The van der Waals surface area contributed by atoms with Gasteiger partial charge in [0.2, 0.25) is 0 Å². The normalized spacial score (nSPS) is 24.3. The molecule has 8 heteroatoms. The maximum Gasteiger partial charge on any atom is 0.191 e. The van der Waals surface area contributed by atoms with Crippen LogP contribution in [0.3, 0.4) is 0 Å². The number of aliphatic imine (C=N–C) groups is 1.